The fraction of sp³-hybridized carbons (Fsp3) is 0.522. The van der Waals surface area contributed by atoms with Crippen LogP contribution in [-0.4, -0.2) is 50.4 Å². The Hall–Kier alpha value is -2.52. The lowest BCUT2D eigenvalue weighted by atomic mass is 9.92. The van der Waals surface area contributed by atoms with E-state index in [4.69, 9.17) is 9.72 Å². The van der Waals surface area contributed by atoms with Crippen LogP contribution in [0, 0.1) is 5.92 Å². The zero-order valence-electron chi connectivity index (χ0n) is 18.9. The maximum absolute atomic E-state index is 12.6. The van der Waals surface area contributed by atoms with Gasteiger partial charge in [-0.1, -0.05) is 0 Å². The quantitative estimate of drug-likeness (QED) is 0.688. The van der Waals surface area contributed by atoms with Gasteiger partial charge in [-0.2, -0.15) is 0 Å². The van der Waals surface area contributed by atoms with Crippen LogP contribution < -0.4 is 10.6 Å². The highest BCUT2D eigenvalue weighted by Crippen LogP contribution is 2.58. The highest BCUT2D eigenvalue weighted by atomic mass is 32.2. The summed E-state index contributed by atoms with van der Waals surface area (Å²) in [6.07, 6.45) is 3.11. The second-order valence-electron chi connectivity index (χ2n) is 9.19. The summed E-state index contributed by atoms with van der Waals surface area (Å²) < 4.78 is 29.6. The third kappa shape index (κ3) is 4.11. The molecular weight excluding hydrogens is 428 g/mol. The molecule has 2 aromatic rings. The summed E-state index contributed by atoms with van der Waals surface area (Å²) >= 11 is 0. The maximum atomic E-state index is 12.6. The fourth-order valence-corrected chi connectivity index (χ4v) is 4.68. The Labute approximate surface area is 189 Å². The second kappa shape index (κ2) is 8.12. The Morgan fingerprint density at radius 1 is 1.25 bits per heavy atom. The van der Waals surface area contributed by atoms with E-state index >= 15 is 0 Å². The van der Waals surface area contributed by atoms with Crippen LogP contribution in [0.5, 0.6) is 0 Å². The molecule has 1 aliphatic carbocycles. The van der Waals surface area contributed by atoms with Gasteiger partial charge in [-0.15, -0.1) is 0 Å². The molecule has 0 spiro atoms. The number of amides is 2. The van der Waals surface area contributed by atoms with E-state index in [1.165, 1.54) is 6.26 Å². The van der Waals surface area contributed by atoms with Crippen molar-refractivity contribution in [2.75, 3.05) is 31.3 Å². The predicted octanol–water partition coefficient (Wildman–Crippen LogP) is 3.24. The third-order valence-electron chi connectivity index (χ3n) is 6.76. The number of anilines is 1. The normalized spacial score (nSPS) is 22.7. The number of urea groups is 1. The number of carbonyl (C=O) groups excluding carboxylic acids is 1. The molecule has 8 nitrogen and oxygen atoms in total. The number of carbonyl (C=O) groups is 1. The van der Waals surface area contributed by atoms with Gasteiger partial charge in [0, 0.05) is 36.1 Å². The third-order valence-corrected chi connectivity index (χ3v) is 8.83. The van der Waals surface area contributed by atoms with Gasteiger partial charge < -0.3 is 15.4 Å². The van der Waals surface area contributed by atoms with Gasteiger partial charge in [0.05, 0.1) is 18.0 Å². The van der Waals surface area contributed by atoms with Crippen molar-refractivity contribution < 1.29 is 17.9 Å². The Bertz CT molecular complexity index is 1130. The van der Waals surface area contributed by atoms with Crippen molar-refractivity contribution in [3.8, 4) is 11.4 Å². The molecule has 0 unspecified atom stereocenters. The number of hydrogen-bond acceptors (Lipinski definition) is 6. The standard InChI is InChI=1S/C23H30N4O4S/c1-5-24-21(28)25-17-8-6-15(7-9-17)20-26-18(22(2,3)32(4,29)30)12-19(27-20)23-10-11-31-14-16(23)13-23/h6-9,12,16H,5,10-11,13-14H2,1-4H3,(H2,24,25,28)/t16-,23+/m0/s1. The van der Waals surface area contributed by atoms with Crippen LogP contribution in [0.15, 0.2) is 30.3 Å². The number of nitrogens with zero attached hydrogens (tertiary/aromatic N) is 2. The molecular formula is C23H30N4O4S. The lowest BCUT2D eigenvalue weighted by molar-refractivity contribution is 0.0794. The highest BCUT2D eigenvalue weighted by Gasteiger charge is 2.58. The molecule has 2 atom stereocenters. The van der Waals surface area contributed by atoms with Crippen molar-refractivity contribution in [3.05, 3.63) is 41.7 Å². The number of nitrogens with one attached hydrogen (secondary N) is 2. The van der Waals surface area contributed by atoms with E-state index in [2.05, 4.69) is 15.6 Å². The Morgan fingerprint density at radius 3 is 2.59 bits per heavy atom. The number of benzene rings is 1. The van der Waals surface area contributed by atoms with Gasteiger partial charge in [0.1, 0.15) is 4.75 Å². The zero-order valence-corrected chi connectivity index (χ0v) is 19.8. The monoisotopic (exact) mass is 458 g/mol. The summed E-state index contributed by atoms with van der Waals surface area (Å²) in [6, 6.07) is 8.85. The lowest BCUT2D eigenvalue weighted by Crippen LogP contribution is -2.31. The smallest absolute Gasteiger partial charge is 0.319 e. The first kappa shape index (κ1) is 22.7. The van der Waals surface area contributed by atoms with Crippen molar-refractivity contribution in [3.63, 3.8) is 0 Å². The maximum Gasteiger partial charge on any atom is 0.319 e. The number of aromatic nitrogens is 2. The Kier molecular flexibility index (Phi) is 5.75. The van der Waals surface area contributed by atoms with Gasteiger partial charge in [0.25, 0.3) is 0 Å². The summed E-state index contributed by atoms with van der Waals surface area (Å²) in [5.74, 6) is 0.905. The van der Waals surface area contributed by atoms with Crippen molar-refractivity contribution in [2.45, 2.75) is 43.8 Å². The molecule has 1 aromatic carbocycles. The summed E-state index contributed by atoms with van der Waals surface area (Å²) in [4.78, 5) is 21.3. The summed E-state index contributed by atoms with van der Waals surface area (Å²) in [5, 5.41) is 5.46. The SMILES string of the molecule is CCNC(=O)Nc1ccc(-c2nc(C(C)(C)S(C)(=O)=O)cc([C@@]34CCOC[C@@H]3C4)n2)cc1. The predicted molar refractivity (Wildman–Crippen MR) is 123 cm³/mol. The number of hydrogen-bond donors (Lipinski definition) is 2. The summed E-state index contributed by atoms with van der Waals surface area (Å²) in [6.45, 7) is 7.15. The average Bonchev–Trinajstić information content (AvgIpc) is 3.49. The van der Waals surface area contributed by atoms with E-state index in [-0.39, 0.29) is 11.4 Å². The molecule has 1 saturated heterocycles. The molecule has 1 aliphatic heterocycles. The number of rotatable bonds is 6. The van der Waals surface area contributed by atoms with Crippen LogP contribution in [0.25, 0.3) is 11.4 Å². The van der Waals surface area contributed by atoms with Crippen LogP contribution >= 0.6 is 0 Å². The first-order valence-electron chi connectivity index (χ1n) is 10.9. The first-order valence-corrected chi connectivity index (χ1v) is 12.8. The minimum Gasteiger partial charge on any atom is -0.381 e. The molecule has 2 heterocycles. The molecule has 4 rings (SSSR count). The van der Waals surface area contributed by atoms with Gasteiger partial charge in [0.2, 0.25) is 0 Å². The number of ether oxygens (including phenoxy) is 1. The van der Waals surface area contributed by atoms with Crippen molar-refractivity contribution in [1.29, 1.82) is 0 Å². The van der Waals surface area contributed by atoms with E-state index in [0.717, 1.165) is 24.1 Å². The topological polar surface area (TPSA) is 110 Å². The minimum absolute atomic E-state index is 0.0575. The number of fused-ring (bicyclic) bond motifs is 1. The van der Waals surface area contributed by atoms with Crippen molar-refractivity contribution >= 4 is 21.6 Å². The van der Waals surface area contributed by atoms with Crippen LogP contribution in [0.1, 0.15) is 45.0 Å². The average molecular weight is 459 g/mol. The molecule has 2 amide bonds. The largest absolute Gasteiger partial charge is 0.381 e. The Morgan fingerprint density at radius 2 is 1.97 bits per heavy atom. The van der Waals surface area contributed by atoms with E-state index in [1.54, 1.807) is 26.0 Å². The second-order valence-corrected chi connectivity index (χ2v) is 11.8. The Balaban J connectivity index is 1.74. The molecule has 172 valence electrons. The van der Waals surface area contributed by atoms with Gasteiger partial charge in [-0.3, -0.25) is 0 Å². The summed E-state index contributed by atoms with van der Waals surface area (Å²) in [7, 11) is -3.40. The van der Waals surface area contributed by atoms with Gasteiger partial charge in [-0.05, 0) is 69.9 Å². The lowest BCUT2D eigenvalue weighted by Gasteiger charge is -2.26. The van der Waals surface area contributed by atoms with Gasteiger partial charge in [0.15, 0.2) is 15.7 Å². The molecule has 9 heteroatoms. The van der Waals surface area contributed by atoms with Crippen molar-refractivity contribution in [1.82, 2.24) is 15.3 Å². The van der Waals surface area contributed by atoms with Gasteiger partial charge in [-0.25, -0.2) is 23.2 Å². The molecule has 2 fully saturated rings. The molecule has 1 saturated carbocycles. The molecule has 2 aliphatic rings. The highest BCUT2D eigenvalue weighted by molar-refractivity contribution is 7.91. The van der Waals surface area contributed by atoms with E-state index in [1.807, 2.05) is 25.1 Å². The molecule has 0 bridgehead atoms. The first-order chi connectivity index (χ1) is 15.1. The van der Waals surface area contributed by atoms with Gasteiger partial charge >= 0.3 is 6.03 Å². The van der Waals surface area contributed by atoms with Crippen LogP contribution in [-0.2, 0) is 24.7 Å². The van der Waals surface area contributed by atoms with E-state index in [0.29, 0.717) is 42.9 Å². The van der Waals surface area contributed by atoms with Crippen molar-refractivity contribution in [2.24, 2.45) is 5.92 Å². The number of sulfone groups is 1. The zero-order chi connectivity index (χ0) is 23.1. The minimum atomic E-state index is -3.40. The molecule has 32 heavy (non-hydrogen) atoms. The van der Waals surface area contributed by atoms with E-state index < -0.39 is 14.6 Å². The van der Waals surface area contributed by atoms with Crippen LogP contribution in [0.4, 0.5) is 10.5 Å². The molecule has 0 radical (unpaired) electrons. The fourth-order valence-electron chi connectivity index (χ4n) is 4.20. The van der Waals surface area contributed by atoms with Crippen LogP contribution in [0.2, 0.25) is 0 Å². The van der Waals surface area contributed by atoms with E-state index in [9.17, 15) is 13.2 Å². The molecule has 2 N–H and O–H groups in total. The summed E-state index contributed by atoms with van der Waals surface area (Å²) in [5.41, 5.74) is 2.75. The van der Waals surface area contributed by atoms with Crippen LogP contribution in [0.3, 0.4) is 0 Å². The molecule has 1 aromatic heterocycles.